The maximum absolute atomic E-state index is 13.0. The number of carbonyl (C=O) groups excluding carboxylic acids is 1. The second kappa shape index (κ2) is 9.57. The van der Waals surface area contributed by atoms with Crippen molar-refractivity contribution >= 4 is 5.91 Å². The van der Waals surface area contributed by atoms with Gasteiger partial charge >= 0.3 is 0 Å². The number of carbonyl (C=O) groups is 1. The van der Waals surface area contributed by atoms with Gasteiger partial charge in [-0.2, -0.15) is 0 Å². The normalized spacial score (nSPS) is 15.9. The number of amides is 1. The molecule has 3 aromatic rings. The number of likely N-dealkylation sites (tertiary alicyclic amines) is 1. The highest BCUT2D eigenvalue weighted by molar-refractivity contribution is 5.77. The molecule has 0 aliphatic carbocycles. The van der Waals surface area contributed by atoms with Crippen LogP contribution in [0.5, 0.6) is 5.75 Å². The Kier molecular flexibility index (Phi) is 6.43. The zero-order chi connectivity index (χ0) is 20.8. The quantitative estimate of drug-likeness (QED) is 0.562. The predicted octanol–water partition coefficient (Wildman–Crippen LogP) is 4.98. The van der Waals surface area contributed by atoms with Crippen molar-refractivity contribution in [1.82, 2.24) is 9.88 Å². The zero-order valence-corrected chi connectivity index (χ0v) is 17.5. The first kappa shape index (κ1) is 20.1. The van der Waals surface area contributed by atoms with Gasteiger partial charge in [-0.25, -0.2) is 0 Å². The SMILES string of the molecule is COc1ccc(CCC(=O)N2CCC[C@@H]2c2cccc(Cc3ccccc3)n2)cc1. The Bertz CT molecular complexity index is 970. The molecule has 154 valence electrons. The van der Waals surface area contributed by atoms with Gasteiger partial charge in [-0.05, 0) is 54.7 Å². The molecule has 30 heavy (non-hydrogen) atoms. The molecule has 0 bridgehead atoms. The van der Waals surface area contributed by atoms with Crippen molar-refractivity contribution in [3.63, 3.8) is 0 Å². The van der Waals surface area contributed by atoms with E-state index in [4.69, 9.17) is 9.72 Å². The molecule has 0 N–H and O–H groups in total. The van der Waals surface area contributed by atoms with E-state index in [1.165, 1.54) is 5.56 Å². The van der Waals surface area contributed by atoms with E-state index < -0.39 is 0 Å². The van der Waals surface area contributed by atoms with Gasteiger partial charge in [0.05, 0.1) is 18.8 Å². The van der Waals surface area contributed by atoms with Gasteiger partial charge in [-0.15, -0.1) is 0 Å². The van der Waals surface area contributed by atoms with E-state index in [1.54, 1.807) is 7.11 Å². The molecule has 1 amide bonds. The second-order valence-corrected chi connectivity index (χ2v) is 7.81. The second-order valence-electron chi connectivity index (χ2n) is 7.81. The number of hydrogen-bond acceptors (Lipinski definition) is 3. The van der Waals surface area contributed by atoms with Crippen LogP contribution in [0.1, 0.15) is 47.8 Å². The van der Waals surface area contributed by atoms with Crippen molar-refractivity contribution in [3.8, 4) is 5.75 Å². The number of ether oxygens (including phenoxy) is 1. The summed E-state index contributed by atoms with van der Waals surface area (Å²) < 4.78 is 5.20. The molecule has 1 aliphatic heterocycles. The average molecular weight is 401 g/mol. The molecule has 0 spiro atoms. The summed E-state index contributed by atoms with van der Waals surface area (Å²) in [5.74, 6) is 1.05. The van der Waals surface area contributed by atoms with Gasteiger partial charge in [0.2, 0.25) is 5.91 Å². The summed E-state index contributed by atoms with van der Waals surface area (Å²) in [6.45, 7) is 0.816. The lowest BCUT2D eigenvalue weighted by molar-refractivity contribution is -0.132. The van der Waals surface area contributed by atoms with Gasteiger partial charge in [-0.3, -0.25) is 9.78 Å². The molecule has 4 heteroatoms. The molecule has 4 rings (SSSR count). The lowest BCUT2D eigenvalue weighted by Gasteiger charge is -2.25. The van der Waals surface area contributed by atoms with E-state index in [0.29, 0.717) is 6.42 Å². The summed E-state index contributed by atoms with van der Waals surface area (Å²) in [6.07, 6.45) is 4.09. The van der Waals surface area contributed by atoms with Gasteiger partial charge in [0.1, 0.15) is 5.75 Å². The molecule has 1 fully saturated rings. The molecule has 2 heterocycles. The van der Waals surface area contributed by atoms with Crippen molar-refractivity contribution in [3.05, 3.63) is 95.3 Å². The molecule has 0 unspecified atom stereocenters. The van der Waals surface area contributed by atoms with Crippen LogP contribution in [0.4, 0.5) is 0 Å². The standard InChI is InChI=1S/C26H28N2O2/c1-30-23-15-12-20(13-16-23)14-17-26(29)28-18-6-11-25(28)24-10-5-9-22(27-24)19-21-7-3-2-4-8-21/h2-5,7-10,12-13,15-16,25H,6,11,14,17-19H2,1H3/t25-/m1/s1. The monoisotopic (exact) mass is 400 g/mol. The third-order valence-electron chi connectivity index (χ3n) is 5.76. The topological polar surface area (TPSA) is 42.4 Å². The van der Waals surface area contributed by atoms with Crippen LogP contribution in [0.25, 0.3) is 0 Å². The number of aromatic nitrogens is 1. The summed E-state index contributed by atoms with van der Waals surface area (Å²) in [6, 6.07) is 24.6. The van der Waals surface area contributed by atoms with Crippen molar-refractivity contribution in [2.45, 2.75) is 38.1 Å². The van der Waals surface area contributed by atoms with Crippen LogP contribution < -0.4 is 4.74 Å². The highest BCUT2D eigenvalue weighted by Gasteiger charge is 2.30. The third-order valence-corrected chi connectivity index (χ3v) is 5.76. The average Bonchev–Trinajstić information content (AvgIpc) is 3.29. The Labute approximate surface area is 178 Å². The minimum atomic E-state index is 0.0871. The van der Waals surface area contributed by atoms with Crippen LogP contribution in [0, 0.1) is 0 Å². The van der Waals surface area contributed by atoms with E-state index in [0.717, 1.165) is 54.9 Å². The lowest BCUT2D eigenvalue weighted by Crippen LogP contribution is -2.31. The van der Waals surface area contributed by atoms with E-state index >= 15 is 0 Å². The molecule has 4 nitrogen and oxygen atoms in total. The Balaban J connectivity index is 1.41. The summed E-state index contributed by atoms with van der Waals surface area (Å²) in [5, 5.41) is 0. The maximum atomic E-state index is 13.0. The van der Waals surface area contributed by atoms with Crippen molar-refractivity contribution in [1.29, 1.82) is 0 Å². The zero-order valence-electron chi connectivity index (χ0n) is 17.5. The van der Waals surface area contributed by atoms with Crippen LogP contribution in [-0.2, 0) is 17.6 Å². The molecular weight excluding hydrogens is 372 g/mol. The number of pyridine rings is 1. The number of rotatable bonds is 7. The van der Waals surface area contributed by atoms with E-state index in [9.17, 15) is 4.79 Å². The van der Waals surface area contributed by atoms with Crippen LogP contribution in [-0.4, -0.2) is 29.4 Å². The highest BCUT2D eigenvalue weighted by atomic mass is 16.5. The van der Waals surface area contributed by atoms with E-state index in [-0.39, 0.29) is 11.9 Å². The van der Waals surface area contributed by atoms with Crippen molar-refractivity contribution < 1.29 is 9.53 Å². The fraction of sp³-hybridized carbons (Fsp3) is 0.308. The van der Waals surface area contributed by atoms with Crippen molar-refractivity contribution in [2.75, 3.05) is 13.7 Å². The third kappa shape index (κ3) is 4.88. The highest BCUT2D eigenvalue weighted by Crippen LogP contribution is 2.32. The van der Waals surface area contributed by atoms with Gasteiger partial charge in [0, 0.05) is 25.1 Å². The first-order valence-corrected chi connectivity index (χ1v) is 10.6. The van der Waals surface area contributed by atoms with Gasteiger partial charge in [-0.1, -0.05) is 48.5 Å². The summed E-state index contributed by atoms with van der Waals surface area (Å²) in [7, 11) is 1.66. The van der Waals surface area contributed by atoms with Crippen LogP contribution in [0.15, 0.2) is 72.8 Å². The number of benzene rings is 2. The summed E-state index contributed by atoms with van der Waals surface area (Å²) >= 11 is 0. The Morgan fingerprint density at radius 1 is 1.00 bits per heavy atom. The largest absolute Gasteiger partial charge is 0.497 e. The Morgan fingerprint density at radius 3 is 2.57 bits per heavy atom. The number of hydrogen-bond donors (Lipinski definition) is 0. The predicted molar refractivity (Wildman–Crippen MR) is 118 cm³/mol. The first-order valence-electron chi connectivity index (χ1n) is 10.6. The number of aryl methyl sites for hydroxylation is 1. The maximum Gasteiger partial charge on any atom is 0.223 e. The smallest absolute Gasteiger partial charge is 0.223 e. The molecule has 2 aromatic carbocycles. The minimum Gasteiger partial charge on any atom is -0.497 e. The Morgan fingerprint density at radius 2 is 1.80 bits per heavy atom. The van der Waals surface area contributed by atoms with Crippen LogP contribution >= 0.6 is 0 Å². The fourth-order valence-corrected chi connectivity index (χ4v) is 4.15. The molecule has 1 aliphatic rings. The fourth-order valence-electron chi connectivity index (χ4n) is 4.15. The van der Waals surface area contributed by atoms with Crippen molar-refractivity contribution in [2.24, 2.45) is 0 Å². The van der Waals surface area contributed by atoms with Crippen LogP contribution in [0.3, 0.4) is 0 Å². The molecule has 1 atom stereocenters. The van der Waals surface area contributed by atoms with E-state index in [2.05, 4.69) is 42.5 Å². The molecule has 0 saturated carbocycles. The first-order chi connectivity index (χ1) is 14.7. The van der Waals surface area contributed by atoms with Crippen LogP contribution in [0.2, 0.25) is 0 Å². The lowest BCUT2D eigenvalue weighted by atomic mass is 10.1. The summed E-state index contributed by atoms with van der Waals surface area (Å²) in [5.41, 5.74) is 4.47. The van der Waals surface area contributed by atoms with Gasteiger partial charge in [0.25, 0.3) is 0 Å². The molecule has 0 radical (unpaired) electrons. The molecule has 1 aromatic heterocycles. The van der Waals surface area contributed by atoms with Gasteiger partial charge in [0.15, 0.2) is 0 Å². The van der Waals surface area contributed by atoms with Gasteiger partial charge < -0.3 is 9.64 Å². The summed E-state index contributed by atoms with van der Waals surface area (Å²) in [4.78, 5) is 19.9. The molecule has 1 saturated heterocycles. The minimum absolute atomic E-state index is 0.0871. The van der Waals surface area contributed by atoms with E-state index in [1.807, 2.05) is 35.2 Å². The molecular formula is C26H28N2O2. The Hall–Kier alpha value is -3.14. The number of methoxy groups -OCH3 is 1. The number of nitrogens with zero attached hydrogens (tertiary/aromatic N) is 2.